The third-order valence-electron chi connectivity index (χ3n) is 2.37. The number of carbonyl (C=O) groups excluding carboxylic acids is 1. The van der Waals surface area contributed by atoms with Crippen molar-refractivity contribution in [3.05, 3.63) is 41.4 Å². The van der Waals surface area contributed by atoms with Crippen molar-refractivity contribution in [3.8, 4) is 0 Å². The summed E-state index contributed by atoms with van der Waals surface area (Å²) in [4.78, 5) is 11.5. The third kappa shape index (κ3) is 5.22. The summed E-state index contributed by atoms with van der Waals surface area (Å²) in [5.41, 5.74) is -0.905. The minimum absolute atomic E-state index is 0.0652. The minimum atomic E-state index is -4.55. The van der Waals surface area contributed by atoms with E-state index in [0.717, 1.165) is 12.1 Å². The Balaban J connectivity index is 2.64. The summed E-state index contributed by atoms with van der Waals surface area (Å²) >= 11 is 5.48. The highest BCUT2D eigenvalue weighted by molar-refractivity contribution is 6.31. The molecule has 2 N–H and O–H groups in total. The first-order valence-corrected chi connectivity index (χ1v) is 6.20. The van der Waals surface area contributed by atoms with Gasteiger partial charge in [-0.15, -0.1) is 6.58 Å². The Hall–Kier alpha value is -1.53. The maximum absolute atomic E-state index is 12.6. The van der Waals surface area contributed by atoms with E-state index in [9.17, 15) is 18.0 Å². The summed E-state index contributed by atoms with van der Waals surface area (Å²) in [5, 5.41) is 4.91. The van der Waals surface area contributed by atoms with Crippen LogP contribution in [-0.2, 0) is 11.0 Å². The van der Waals surface area contributed by atoms with Crippen LogP contribution in [0.25, 0.3) is 0 Å². The van der Waals surface area contributed by atoms with Crippen LogP contribution in [0.1, 0.15) is 12.0 Å². The molecule has 0 spiro atoms. The molecule has 7 heteroatoms. The Labute approximate surface area is 119 Å². The van der Waals surface area contributed by atoms with E-state index in [2.05, 4.69) is 17.2 Å². The zero-order valence-electron chi connectivity index (χ0n) is 10.6. The molecule has 0 radical (unpaired) electrons. The number of anilines is 1. The van der Waals surface area contributed by atoms with Crippen molar-refractivity contribution in [3.63, 3.8) is 0 Å². The number of amides is 1. The number of hydrogen-bond donors (Lipinski definition) is 2. The molecule has 0 saturated heterocycles. The van der Waals surface area contributed by atoms with Gasteiger partial charge in [-0.1, -0.05) is 17.7 Å². The lowest BCUT2D eigenvalue weighted by Gasteiger charge is -2.11. The second-order valence-electron chi connectivity index (χ2n) is 3.98. The third-order valence-corrected chi connectivity index (χ3v) is 2.70. The number of benzene rings is 1. The topological polar surface area (TPSA) is 41.1 Å². The summed E-state index contributed by atoms with van der Waals surface area (Å²) < 4.78 is 37.9. The van der Waals surface area contributed by atoms with Crippen LogP contribution in [0.2, 0.25) is 5.02 Å². The standard InChI is InChI=1S/C13H14ClF3N2O/c1-2-6-18-7-5-12(20)19-9-3-4-11(14)10(8-9)13(15,16)17/h2-4,8,18H,1,5-7H2,(H,19,20). The van der Waals surface area contributed by atoms with Crippen molar-refractivity contribution in [2.75, 3.05) is 18.4 Å². The minimum Gasteiger partial charge on any atom is -0.326 e. The van der Waals surface area contributed by atoms with Crippen LogP contribution in [0.4, 0.5) is 18.9 Å². The van der Waals surface area contributed by atoms with Crippen molar-refractivity contribution in [1.29, 1.82) is 0 Å². The number of halogens is 4. The maximum atomic E-state index is 12.6. The van der Waals surface area contributed by atoms with Gasteiger partial charge in [0.25, 0.3) is 0 Å². The summed E-state index contributed by atoms with van der Waals surface area (Å²) in [6.45, 7) is 4.48. The fraction of sp³-hybridized carbons (Fsp3) is 0.308. The van der Waals surface area contributed by atoms with Crippen molar-refractivity contribution in [1.82, 2.24) is 5.32 Å². The first kappa shape index (κ1) is 16.5. The predicted octanol–water partition coefficient (Wildman–Crippen LogP) is 3.46. The molecule has 1 aromatic carbocycles. The normalized spacial score (nSPS) is 11.2. The van der Waals surface area contributed by atoms with Crippen LogP contribution in [0, 0.1) is 0 Å². The van der Waals surface area contributed by atoms with Gasteiger partial charge in [0.05, 0.1) is 10.6 Å². The fourth-order valence-corrected chi connectivity index (χ4v) is 1.67. The molecule has 110 valence electrons. The number of hydrogen-bond acceptors (Lipinski definition) is 2. The Bertz CT molecular complexity index is 489. The van der Waals surface area contributed by atoms with Gasteiger partial charge < -0.3 is 10.6 Å². The van der Waals surface area contributed by atoms with Gasteiger partial charge in [0.2, 0.25) is 5.91 Å². The van der Waals surface area contributed by atoms with E-state index in [-0.39, 0.29) is 18.0 Å². The molecule has 0 aliphatic heterocycles. The molecule has 0 atom stereocenters. The molecule has 0 aliphatic carbocycles. The smallest absolute Gasteiger partial charge is 0.326 e. The van der Waals surface area contributed by atoms with Crippen LogP contribution >= 0.6 is 11.6 Å². The molecular weight excluding hydrogens is 293 g/mol. The number of carbonyl (C=O) groups is 1. The van der Waals surface area contributed by atoms with Gasteiger partial charge in [0.15, 0.2) is 0 Å². The van der Waals surface area contributed by atoms with Gasteiger partial charge in [-0.05, 0) is 18.2 Å². The molecule has 0 aromatic heterocycles. The average molecular weight is 307 g/mol. The van der Waals surface area contributed by atoms with Gasteiger partial charge in [-0.2, -0.15) is 13.2 Å². The van der Waals surface area contributed by atoms with E-state index in [1.807, 2.05) is 0 Å². The molecule has 0 unspecified atom stereocenters. The average Bonchev–Trinajstić information content (AvgIpc) is 2.36. The molecule has 20 heavy (non-hydrogen) atoms. The largest absolute Gasteiger partial charge is 0.417 e. The molecule has 1 rings (SSSR count). The molecule has 0 aliphatic rings. The lowest BCUT2D eigenvalue weighted by atomic mass is 10.2. The summed E-state index contributed by atoms with van der Waals surface area (Å²) in [7, 11) is 0. The molecule has 1 aromatic rings. The van der Waals surface area contributed by atoms with Crippen LogP contribution < -0.4 is 10.6 Å². The highest BCUT2D eigenvalue weighted by Crippen LogP contribution is 2.36. The maximum Gasteiger partial charge on any atom is 0.417 e. The van der Waals surface area contributed by atoms with E-state index >= 15 is 0 Å². The summed E-state index contributed by atoms with van der Waals surface area (Å²) in [5.74, 6) is -0.378. The molecular formula is C13H14ClF3N2O. The lowest BCUT2D eigenvalue weighted by molar-refractivity contribution is -0.137. The second kappa shape index (κ2) is 7.31. The Morgan fingerprint density at radius 1 is 1.40 bits per heavy atom. The molecule has 0 bridgehead atoms. The Morgan fingerprint density at radius 3 is 2.70 bits per heavy atom. The highest BCUT2D eigenvalue weighted by Gasteiger charge is 2.33. The summed E-state index contributed by atoms with van der Waals surface area (Å²) in [6.07, 6.45) is -2.76. The van der Waals surface area contributed by atoms with Gasteiger partial charge in [-0.3, -0.25) is 4.79 Å². The van der Waals surface area contributed by atoms with E-state index in [1.54, 1.807) is 6.08 Å². The fourth-order valence-electron chi connectivity index (χ4n) is 1.45. The molecule has 0 fully saturated rings. The molecule has 1 amide bonds. The second-order valence-corrected chi connectivity index (χ2v) is 4.39. The zero-order valence-corrected chi connectivity index (χ0v) is 11.3. The number of nitrogens with one attached hydrogen (secondary N) is 2. The molecule has 3 nitrogen and oxygen atoms in total. The van der Waals surface area contributed by atoms with E-state index in [1.165, 1.54) is 6.07 Å². The first-order valence-electron chi connectivity index (χ1n) is 5.83. The van der Waals surface area contributed by atoms with Crippen LogP contribution in [0.3, 0.4) is 0 Å². The van der Waals surface area contributed by atoms with Crippen molar-refractivity contribution in [2.45, 2.75) is 12.6 Å². The van der Waals surface area contributed by atoms with Crippen molar-refractivity contribution < 1.29 is 18.0 Å². The van der Waals surface area contributed by atoms with Crippen LogP contribution in [-0.4, -0.2) is 19.0 Å². The lowest BCUT2D eigenvalue weighted by Crippen LogP contribution is -2.21. The van der Waals surface area contributed by atoms with Gasteiger partial charge in [-0.25, -0.2) is 0 Å². The summed E-state index contributed by atoms with van der Waals surface area (Å²) in [6, 6.07) is 3.25. The van der Waals surface area contributed by atoms with Crippen LogP contribution in [0.15, 0.2) is 30.9 Å². The number of alkyl halides is 3. The zero-order chi connectivity index (χ0) is 15.2. The predicted molar refractivity (Wildman–Crippen MR) is 72.8 cm³/mol. The Kier molecular flexibility index (Phi) is 6.04. The molecule has 0 heterocycles. The Morgan fingerprint density at radius 2 is 2.10 bits per heavy atom. The van der Waals surface area contributed by atoms with Gasteiger partial charge in [0.1, 0.15) is 0 Å². The van der Waals surface area contributed by atoms with Gasteiger partial charge in [0, 0.05) is 25.2 Å². The monoisotopic (exact) mass is 306 g/mol. The van der Waals surface area contributed by atoms with E-state index < -0.39 is 16.8 Å². The quantitative estimate of drug-likeness (QED) is 0.624. The SMILES string of the molecule is C=CCNCCC(=O)Nc1ccc(Cl)c(C(F)(F)F)c1. The number of rotatable bonds is 6. The van der Waals surface area contributed by atoms with E-state index in [4.69, 9.17) is 11.6 Å². The first-order chi connectivity index (χ1) is 9.34. The van der Waals surface area contributed by atoms with E-state index in [0.29, 0.717) is 13.1 Å². The van der Waals surface area contributed by atoms with Gasteiger partial charge >= 0.3 is 6.18 Å². The van der Waals surface area contributed by atoms with Crippen molar-refractivity contribution >= 4 is 23.2 Å². The highest BCUT2D eigenvalue weighted by atomic mass is 35.5. The van der Waals surface area contributed by atoms with Crippen LogP contribution in [0.5, 0.6) is 0 Å². The molecule has 0 saturated carbocycles. The van der Waals surface area contributed by atoms with Crippen molar-refractivity contribution in [2.24, 2.45) is 0 Å².